The standard InChI is InChI=1S/C24H31ClN2O3/c1-5-14-26-24(29)21(6-2)27(15-19-10-12-20(25)13-11-19)23(28)16-30-22-9-7-8-17(3)18(22)4/h7-13,21H,5-6,14-16H2,1-4H3,(H,26,29). The number of nitrogens with zero attached hydrogens (tertiary/aromatic N) is 1. The van der Waals surface area contributed by atoms with Crippen molar-refractivity contribution >= 4 is 23.4 Å². The summed E-state index contributed by atoms with van der Waals surface area (Å²) >= 11 is 5.99. The van der Waals surface area contributed by atoms with Crippen LogP contribution in [0, 0.1) is 13.8 Å². The van der Waals surface area contributed by atoms with Gasteiger partial charge in [0, 0.05) is 18.1 Å². The highest BCUT2D eigenvalue weighted by atomic mass is 35.5. The summed E-state index contributed by atoms with van der Waals surface area (Å²) in [4.78, 5) is 27.5. The van der Waals surface area contributed by atoms with E-state index in [9.17, 15) is 9.59 Å². The molecule has 0 saturated carbocycles. The average molecular weight is 431 g/mol. The van der Waals surface area contributed by atoms with Crippen molar-refractivity contribution in [2.24, 2.45) is 0 Å². The van der Waals surface area contributed by atoms with Crippen LogP contribution in [0.4, 0.5) is 0 Å². The Morgan fingerprint density at radius 2 is 1.80 bits per heavy atom. The molecule has 1 atom stereocenters. The van der Waals surface area contributed by atoms with Crippen LogP contribution in [0.25, 0.3) is 0 Å². The van der Waals surface area contributed by atoms with E-state index in [1.54, 1.807) is 17.0 Å². The summed E-state index contributed by atoms with van der Waals surface area (Å²) in [6.45, 7) is 8.63. The molecule has 0 aromatic heterocycles. The van der Waals surface area contributed by atoms with Crippen molar-refractivity contribution in [2.45, 2.75) is 53.1 Å². The molecule has 0 heterocycles. The van der Waals surface area contributed by atoms with Crippen molar-refractivity contribution in [1.82, 2.24) is 10.2 Å². The Hall–Kier alpha value is -2.53. The SMILES string of the molecule is CCCNC(=O)C(CC)N(Cc1ccc(Cl)cc1)C(=O)COc1cccc(C)c1C. The number of hydrogen-bond acceptors (Lipinski definition) is 3. The van der Waals surface area contributed by atoms with Crippen LogP contribution in [0.5, 0.6) is 5.75 Å². The molecule has 0 aliphatic rings. The zero-order valence-corrected chi connectivity index (χ0v) is 19.0. The maximum Gasteiger partial charge on any atom is 0.261 e. The first-order valence-electron chi connectivity index (χ1n) is 10.4. The molecular formula is C24H31ClN2O3. The molecule has 162 valence electrons. The Labute approximate surface area is 184 Å². The number of hydrogen-bond donors (Lipinski definition) is 1. The molecule has 0 aliphatic heterocycles. The van der Waals surface area contributed by atoms with Gasteiger partial charge in [-0.05, 0) is 61.6 Å². The van der Waals surface area contributed by atoms with Gasteiger partial charge < -0.3 is 15.0 Å². The van der Waals surface area contributed by atoms with Gasteiger partial charge in [0.25, 0.3) is 5.91 Å². The van der Waals surface area contributed by atoms with Crippen LogP contribution < -0.4 is 10.1 Å². The van der Waals surface area contributed by atoms with Crippen molar-refractivity contribution in [3.63, 3.8) is 0 Å². The van der Waals surface area contributed by atoms with Gasteiger partial charge in [-0.2, -0.15) is 0 Å². The second kappa shape index (κ2) is 11.6. The number of rotatable bonds is 10. The summed E-state index contributed by atoms with van der Waals surface area (Å²) in [6, 6.07) is 12.5. The Morgan fingerprint density at radius 1 is 1.10 bits per heavy atom. The lowest BCUT2D eigenvalue weighted by Crippen LogP contribution is -2.50. The first-order chi connectivity index (χ1) is 14.4. The number of nitrogens with one attached hydrogen (secondary N) is 1. The van der Waals surface area contributed by atoms with Crippen molar-refractivity contribution in [3.8, 4) is 5.75 Å². The van der Waals surface area contributed by atoms with E-state index in [4.69, 9.17) is 16.3 Å². The predicted octanol–water partition coefficient (Wildman–Crippen LogP) is 4.67. The highest BCUT2D eigenvalue weighted by Crippen LogP contribution is 2.21. The molecule has 0 saturated heterocycles. The maximum absolute atomic E-state index is 13.2. The lowest BCUT2D eigenvalue weighted by Gasteiger charge is -2.30. The largest absolute Gasteiger partial charge is 0.483 e. The van der Waals surface area contributed by atoms with Gasteiger partial charge in [-0.1, -0.05) is 49.7 Å². The molecule has 1 unspecified atom stereocenters. The van der Waals surface area contributed by atoms with E-state index < -0.39 is 6.04 Å². The minimum absolute atomic E-state index is 0.130. The predicted molar refractivity (Wildman–Crippen MR) is 121 cm³/mol. The lowest BCUT2D eigenvalue weighted by atomic mass is 10.1. The second-order valence-electron chi connectivity index (χ2n) is 7.35. The third kappa shape index (κ3) is 6.49. The molecule has 2 aromatic carbocycles. The van der Waals surface area contributed by atoms with Crippen LogP contribution in [0.15, 0.2) is 42.5 Å². The molecule has 2 amide bonds. The molecule has 0 aliphatic carbocycles. The first kappa shape index (κ1) is 23.7. The Morgan fingerprint density at radius 3 is 2.43 bits per heavy atom. The van der Waals surface area contributed by atoms with Crippen LogP contribution in [0.2, 0.25) is 5.02 Å². The van der Waals surface area contributed by atoms with E-state index in [0.29, 0.717) is 30.3 Å². The summed E-state index contributed by atoms with van der Waals surface area (Å²) < 4.78 is 5.83. The lowest BCUT2D eigenvalue weighted by molar-refractivity contribution is -0.143. The van der Waals surface area contributed by atoms with Crippen molar-refractivity contribution < 1.29 is 14.3 Å². The molecule has 30 heavy (non-hydrogen) atoms. The quantitative estimate of drug-likeness (QED) is 0.595. The molecule has 0 fully saturated rings. The van der Waals surface area contributed by atoms with Crippen molar-refractivity contribution in [1.29, 1.82) is 0 Å². The number of halogens is 1. The van der Waals surface area contributed by atoms with Gasteiger partial charge in [-0.15, -0.1) is 0 Å². The normalized spacial score (nSPS) is 11.6. The minimum Gasteiger partial charge on any atom is -0.483 e. The van der Waals surface area contributed by atoms with Crippen molar-refractivity contribution in [3.05, 3.63) is 64.2 Å². The Kier molecular flexibility index (Phi) is 9.18. The molecule has 1 N–H and O–H groups in total. The van der Waals surface area contributed by atoms with Crippen LogP contribution in [0.1, 0.15) is 43.4 Å². The van der Waals surface area contributed by atoms with Gasteiger partial charge in [-0.25, -0.2) is 0 Å². The highest BCUT2D eigenvalue weighted by molar-refractivity contribution is 6.30. The maximum atomic E-state index is 13.2. The van der Waals surface area contributed by atoms with Crippen molar-refractivity contribution in [2.75, 3.05) is 13.2 Å². The fourth-order valence-electron chi connectivity index (χ4n) is 3.17. The van der Waals surface area contributed by atoms with Gasteiger partial charge in [0.05, 0.1) is 0 Å². The van der Waals surface area contributed by atoms with E-state index in [-0.39, 0.29) is 18.4 Å². The number of benzene rings is 2. The Bertz CT molecular complexity index is 852. The third-order valence-electron chi connectivity index (χ3n) is 5.11. The topological polar surface area (TPSA) is 58.6 Å². The zero-order chi connectivity index (χ0) is 22.1. The summed E-state index contributed by atoms with van der Waals surface area (Å²) in [5, 5.41) is 3.54. The smallest absolute Gasteiger partial charge is 0.261 e. The number of amides is 2. The average Bonchev–Trinajstić information content (AvgIpc) is 2.74. The van der Waals surface area contributed by atoms with Gasteiger partial charge in [0.2, 0.25) is 5.91 Å². The fraction of sp³-hybridized carbons (Fsp3) is 0.417. The minimum atomic E-state index is -0.568. The number of ether oxygens (including phenoxy) is 1. The van der Waals surface area contributed by atoms with E-state index in [1.807, 2.05) is 58.0 Å². The highest BCUT2D eigenvalue weighted by Gasteiger charge is 2.28. The number of carbonyl (C=O) groups is 2. The van der Waals surface area contributed by atoms with Gasteiger partial charge >= 0.3 is 0 Å². The van der Waals surface area contributed by atoms with E-state index in [1.165, 1.54) is 0 Å². The molecule has 2 aromatic rings. The monoisotopic (exact) mass is 430 g/mol. The number of carbonyl (C=O) groups excluding carboxylic acids is 2. The van der Waals surface area contributed by atoms with Crippen LogP contribution in [-0.2, 0) is 16.1 Å². The fourth-order valence-corrected chi connectivity index (χ4v) is 3.30. The van der Waals surface area contributed by atoms with E-state index >= 15 is 0 Å². The van der Waals surface area contributed by atoms with Gasteiger partial charge in [0.15, 0.2) is 6.61 Å². The van der Waals surface area contributed by atoms with E-state index in [2.05, 4.69) is 5.32 Å². The van der Waals surface area contributed by atoms with Gasteiger partial charge in [-0.3, -0.25) is 9.59 Å². The molecule has 0 radical (unpaired) electrons. The van der Waals surface area contributed by atoms with Crippen LogP contribution in [-0.4, -0.2) is 35.9 Å². The molecule has 5 nitrogen and oxygen atoms in total. The van der Waals surface area contributed by atoms with Crippen LogP contribution >= 0.6 is 11.6 Å². The van der Waals surface area contributed by atoms with Crippen LogP contribution in [0.3, 0.4) is 0 Å². The summed E-state index contributed by atoms with van der Waals surface area (Å²) in [7, 11) is 0. The molecule has 2 rings (SSSR count). The second-order valence-corrected chi connectivity index (χ2v) is 7.79. The molecule has 0 spiro atoms. The number of aryl methyl sites for hydroxylation is 1. The Balaban J connectivity index is 2.21. The zero-order valence-electron chi connectivity index (χ0n) is 18.2. The molecule has 6 heteroatoms. The summed E-state index contributed by atoms with van der Waals surface area (Å²) in [5.74, 6) is 0.302. The summed E-state index contributed by atoms with van der Waals surface area (Å²) in [5.41, 5.74) is 3.01. The first-order valence-corrected chi connectivity index (χ1v) is 10.8. The van der Waals surface area contributed by atoms with E-state index in [0.717, 1.165) is 23.1 Å². The summed E-state index contributed by atoms with van der Waals surface area (Å²) in [6.07, 6.45) is 1.35. The molecule has 0 bridgehead atoms. The molecular weight excluding hydrogens is 400 g/mol. The third-order valence-corrected chi connectivity index (χ3v) is 5.36. The van der Waals surface area contributed by atoms with Gasteiger partial charge in [0.1, 0.15) is 11.8 Å².